The Bertz CT molecular complexity index is 561. The van der Waals surface area contributed by atoms with E-state index in [1.807, 2.05) is 6.07 Å². The Balaban J connectivity index is 1.61. The highest BCUT2D eigenvalue weighted by Crippen LogP contribution is 2.37. The lowest BCUT2D eigenvalue weighted by molar-refractivity contribution is -0.127. The van der Waals surface area contributed by atoms with Crippen LogP contribution in [0.4, 0.5) is 0 Å². The lowest BCUT2D eigenvalue weighted by atomic mass is 9.70. The van der Waals surface area contributed by atoms with Crippen molar-refractivity contribution in [2.45, 2.75) is 57.5 Å². The molecule has 2 aliphatic rings. The third kappa shape index (κ3) is 3.71. The molecule has 3 rings (SSSR count). The number of hydrogen-bond donors (Lipinski definition) is 2. The van der Waals surface area contributed by atoms with Crippen LogP contribution in [-0.4, -0.2) is 28.9 Å². The molecule has 1 saturated heterocycles. The molecule has 1 aromatic heterocycles. The molecule has 124 valence electrons. The van der Waals surface area contributed by atoms with Gasteiger partial charge in [-0.15, -0.1) is 0 Å². The summed E-state index contributed by atoms with van der Waals surface area (Å²) in [5, 5.41) is 6.22. The molecule has 2 fully saturated rings. The first kappa shape index (κ1) is 16.0. The van der Waals surface area contributed by atoms with Crippen molar-refractivity contribution in [2.24, 2.45) is 11.8 Å². The highest BCUT2D eigenvalue weighted by molar-refractivity contribution is 5.92. The Morgan fingerprint density at radius 2 is 2.26 bits per heavy atom. The molecule has 1 aromatic rings. The van der Waals surface area contributed by atoms with E-state index in [2.05, 4.69) is 22.5 Å². The van der Waals surface area contributed by atoms with Gasteiger partial charge in [0.2, 0.25) is 5.91 Å². The highest BCUT2D eigenvalue weighted by Gasteiger charge is 2.40. The lowest BCUT2D eigenvalue weighted by Crippen LogP contribution is -2.55. The number of nitrogens with zero attached hydrogens (tertiary/aromatic N) is 1. The molecule has 2 N–H and O–H groups in total. The van der Waals surface area contributed by atoms with Crippen molar-refractivity contribution in [3.05, 3.63) is 30.1 Å². The number of aromatic nitrogens is 1. The first-order chi connectivity index (χ1) is 11.2. The largest absolute Gasteiger partial charge is 0.353 e. The van der Waals surface area contributed by atoms with E-state index < -0.39 is 0 Å². The fourth-order valence-electron chi connectivity index (χ4n) is 4.15. The second kappa shape index (κ2) is 7.11. The predicted molar refractivity (Wildman–Crippen MR) is 87.8 cm³/mol. The molecule has 0 radical (unpaired) electrons. The summed E-state index contributed by atoms with van der Waals surface area (Å²) in [6, 6.07) is 5.66. The van der Waals surface area contributed by atoms with Gasteiger partial charge in [-0.1, -0.05) is 19.4 Å². The molecule has 1 aliphatic carbocycles. The first-order valence-corrected chi connectivity index (χ1v) is 8.68. The predicted octanol–water partition coefficient (Wildman–Crippen LogP) is 2.28. The standard InChI is InChI=1S/C18H25N3O2/c1-2-5-12-10-17(22)21-16-11-13(7-8-14(12)16)20-18(23)15-6-3-4-9-19-15/h3-4,6,9,12-14,16H,2,5,7-8,10-11H2,1H3,(H,20,23)(H,21,22). The van der Waals surface area contributed by atoms with Gasteiger partial charge in [0.25, 0.3) is 5.91 Å². The number of amides is 2. The maximum Gasteiger partial charge on any atom is 0.270 e. The fourth-order valence-corrected chi connectivity index (χ4v) is 4.15. The topological polar surface area (TPSA) is 71.1 Å². The molecular formula is C18H25N3O2. The Morgan fingerprint density at radius 1 is 1.39 bits per heavy atom. The van der Waals surface area contributed by atoms with Gasteiger partial charge in [0.1, 0.15) is 5.69 Å². The summed E-state index contributed by atoms with van der Waals surface area (Å²) >= 11 is 0. The third-order valence-corrected chi connectivity index (χ3v) is 5.20. The quantitative estimate of drug-likeness (QED) is 0.895. The van der Waals surface area contributed by atoms with Crippen molar-refractivity contribution in [2.75, 3.05) is 0 Å². The van der Waals surface area contributed by atoms with Gasteiger partial charge in [0.15, 0.2) is 0 Å². The summed E-state index contributed by atoms with van der Waals surface area (Å²) in [7, 11) is 0. The highest BCUT2D eigenvalue weighted by atomic mass is 16.2. The summed E-state index contributed by atoms with van der Waals surface area (Å²) in [4.78, 5) is 28.3. The molecule has 5 heteroatoms. The SMILES string of the molecule is CCCC1CC(=O)NC2CC(NC(=O)c3ccccn3)CCC12. The monoisotopic (exact) mass is 315 g/mol. The minimum absolute atomic E-state index is 0.117. The number of carbonyl (C=O) groups is 2. The zero-order valence-corrected chi connectivity index (χ0v) is 13.6. The first-order valence-electron chi connectivity index (χ1n) is 8.68. The third-order valence-electron chi connectivity index (χ3n) is 5.20. The minimum Gasteiger partial charge on any atom is -0.353 e. The second-order valence-electron chi connectivity index (χ2n) is 6.79. The van der Waals surface area contributed by atoms with Crippen LogP contribution in [0.15, 0.2) is 24.4 Å². The Morgan fingerprint density at radius 3 is 3.00 bits per heavy atom. The van der Waals surface area contributed by atoms with E-state index in [-0.39, 0.29) is 23.9 Å². The van der Waals surface area contributed by atoms with Crippen LogP contribution in [0, 0.1) is 11.8 Å². The van der Waals surface area contributed by atoms with Crippen molar-refractivity contribution < 1.29 is 9.59 Å². The fraction of sp³-hybridized carbons (Fsp3) is 0.611. The lowest BCUT2D eigenvalue weighted by Gasteiger charge is -2.44. The number of rotatable bonds is 4. The molecule has 4 unspecified atom stereocenters. The van der Waals surface area contributed by atoms with E-state index in [4.69, 9.17) is 0 Å². The summed E-state index contributed by atoms with van der Waals surface area (Å²) in [5.74, 6) is 1.12. The molecule has 2 amide bonds. The zero-order chi connectivity index (χ0) is 16.2. The van der Waals surface area contributed by atoms with Crippen molar-refractivity contribution in [3.63, 3.8) is 0 Å². The van der Waals surface area contributed by atoms with Crippen LogP contribution in [0.2, 0.25) is 0 Å². The Labute approximate surface area is 137 Å². The van der Waals surface area contributed by atoms with Crippen LogP contribution >= 0.6 is 0 Å². The molecule has 1 saturated carbocycles. The van der Waals surface area contributed by atoms with Crippen molar-refractivity contribution >= 4 is 11.8 Å². The van der Waals surface area contributed by atoms with E-state index in [9.17, 15) is 9.59 Å². The number of piperidine rings is 1. The molecular weight excluding hydrogens is 290 g/mol. The molecule has 2 heterocycles. The van der Waals surface area contributed by atoms with Crippen LogP contribution in [0.1, 0.15) is 55.9 Å². The number of nitrogens with one attached hydrogen (secondary N) is 2. The smallest absolute Gasteiger partial charge is 0.270 e. The number of carbonyl (C=O) groups excluding carboxylic acids is 2. The van der Waals surface area contributed by atoms with E-state index >= 15 is 0 Å². The summed E-state index contributed by atoms with van der Waals surface area (Å²) in [6.45, 7) is 2.18. The van der Waals surface area contributed by atoms with E-state index in [0.717, 1.165) is 32.1 Å². The van der Waals surface area contributed by atoms with Crippen LogP contribution in [0.3, 0.4) is 0 Å². The van der Waals surface area contributed by atoms with Gasteiger partial charge in [0, 0.05) is 24.7 Å². The molecule has 0 bridgehead atoms. The molecule has 0 aromatic carbocycles. The molecule has 0 spiro atoms. The van der Waals surface area contributed by atoms with Gasteiger partial charge in [0.05, 0.1) is 0 Å². The average molecular weight is 315 g/mol. The zero-order valence-electron chi connectivity index (χ0n) is 13.6. The second-order valence-corrected chi connectivity index (χ2v) is 6.79. The van der Waals surface area contributed by atoms with Gasteiger partial charge in [-0.3, -0.25) is 14.6 Å². The normalized spacial score (nSPS) is 30.2. The average Bonchev–Trinajstić information content (AvgIpc) is 2.55. The van der Waals surface area contributed by atoms with Gasteiger partial charge in [-0.25, -0.2) is 0 Å². The summed E-state index contributed by atoms with van der Waals surface area (Å²) in [5.41, 5.74) is 0.450. The van der Waals surface area contributed by atoms with E-state index in [1.165, 1.54) is 0 Å². The minimum atomic E-state index is -0.124. The van der Waals surface area contributed by atoms with Crippen LogP contribution < -0.4 is 10.6 Å². The number of fused-ring (bicyclic) bond motifs is 1. The molecule has 23 heavy (non-hydrogen) atoms. The maximum atomic E-state index is 12.2. The van der Waals surface area contributed by atoms with Gasteiger partial charge in [-0.05, 0) is 49.7 Å². The van der Waals surface area contributed by atoms with Gasteiger partial charge < -0.3 is 10.6 Å². The van der Waals surface area contributed by atoms with Gasteiger partial charge in [-0.2, -0.15) is 0 Å². The number of hydrogen-bond acceptors (Lipinski definition) is 3. The van der Waals surface area contributed by atoms with Crippen LogP contribution in [-0.2, 0) is 4.79 Å². The van der Waals surface area contributed by atoms with Crippen LogP contribution in [0.25, 0.3) is 0 Å². The summed E-state index contributed by atoms with van der Waals surface area (Å²) in [6.07, 6.45) is 7.43. The van der Waals surface area contributed by atoms with Gasteiger partial charge >= 0.3 is 0 Å². The molecule has 1 aliphatic heterocycles. The van der Waals surface area contributed by atoms with Crippen LogP contribution in [0.5, 0.6) is 0 Å². The maximum absolute atomic E-state index is 12.2. The van der Waals surface area contributed by atoms with Crippen molar-refractivity contribution in [1.82, 2.24) is 15.6 Å². The van der Waals surface area contributed by atoms with Crippen molar-refractivity contribution in [1.29, 1.82) is 0 Å². The Kier molecular flexibility index (Phi) is 4.94. The molecule has 4 atom stereocenters. The van der Waals surface area contributed by atoms with E-state index in [1.54, 1.807) is 18.3 Å². The Hall–Kier alpha value is -1.91. The molecule has 5 nitrogen and oxygen atoms in total. The summed E-state index contributed by atoms with van der Waals surface area (Å²) < 4.78 is 0. The van der Waals surface area contributed by atoms with E-state index in [0.29, 0.717) is 24.0 Å². The van der Waals surface area contributed by atoms with Crippen molar-refractivity contribution in [3.8, 4) is 0 Å². The number of pyridine rings is 1.